The molecule has 0 aliphatic rings. The zero-order valence-corrected chi connectivity index (χ0v) is 12.4. The lowest BCUT2D eigenvalue weighted by molar-refractivity contribution is 1.01. The number of thiocarbonyl (C=S) groups is 1. The van der Waals surface area contributed by atoms with Crippen molar-refractivity contribution in [2.75, 3.05) is 5.32 Å². The Morgan fingerprint density at radius 3 is 2.89 bits per heavy atom. The molecule has 19 heavy (non-hydrogen) atoms. The molecule has 100 valence electrons. The summed E-state index contributed by atoms with van der Waals surface area (Å²) in [5.41, 5.74) is 6.99. The summed E-state index contributed by atoms with van der Waals surface area (Å²) in [5, 5.41) is 4.16. The van der Waals surface area contributed by atoms with E-state index in [0.29, 0.717) is 18.2 Å². The predicted molar refractivity (Wildman–Crippen MR) is 81.5 cm³/mol. The summed E-state index contributed by atoms with van der Waals surface area (Å²) in [6.07, 6.45) is 2.91. The zero-order valence-electron chi connectivity index (χ0n) is 10.8. The molecule has 0 amide bonds. The van der Waals surface area contributed by atoms with Crippen molar-refractivity contribution in [3.05, 3.63) is 33.5 Å². The highest BCUT2D eigenvalue weighted by atomic mass is 32.1. The maximum atomic E-state index is 5.58. The Bertz CT molecular complexity index is 594. The van der Waals surface area contributed by atoms with Gasteiger partial charge in [0.1, 0.15) is 15.7 Å². The second-order valence-corrected chi connectivity index (χ2v) is 5.65. The largest absolute Gasteiger partial charge is 0.388 e. The zero-order chi connectivity index (χ0) is 13.8. The van der Waals surface area contributed by atoms with Gasteiger partial charge in [-0.3, -0.25) is 0 Å². The molecule has 0 saturated carbocycles. The molecule has 2 aromatic rings. The van der Waals surface area contributed by atoms with E-state index in [9.17, 15) is 0 Å². The molecular formula is C12H15N5S2. The minimum absolute atomic E-state index is 0.274. The standard InChI is InChI=1S/C12H15N5S2/c1-3-8-5-14-10(19-8)6-15-12-16-7(2)4-9(17-12)11(13)18/h4-5H,3,6H2,1-2H3,(H2,13,18)(H,15,16,17). The van der Waals surface area contributed by atoms with Crippen LogP contribution < -0.4 is 11.1 Å². The van der Waals surface area contributed by atoms with E-state index in [1.54, 1.807) is 17.4 Å². The van der Waals surface area contributed by atoms with Crippen LogP contribution in [0.2, 0.25) is 0 Å². The number of nitrogens with one attached hydrogen (secondary N) is 1. The van der Waals surface area contributed by atoms with E-state index in [-0.39, 0.29) is 4.99 Å². The first-order valence-corrected chi connectivity index (χ1v) is 7.14. The van der Waals surface area contributed by atoms with E-state index >= 15 is 0 Å². The number of nitrogens with two attached hydrogens (primary N) is 1. The van der Waals surface area contributed by atoms with Crippen molar-refractivity contribution in [2.24, 2.45) is 5.73 Å². The van der Waals surface area contributed by atoms with Gasteiger partial charge in [-0.2, -0.15) is 0 Å². The molecular weight excluding hydrogens is 278 g/mol. The summed E-state index contributed by atoms with van der Waals surface area (Å²) >= 11 is 6.61. The number of hydrogen-bond donors (Lipinski definition) is 2. The molecule has 0 spiro atoms. The maximum Gasteiger partial charge on any atom is 0.223 e. The van der Waals surface area contributed by atoms with Gasteiger partial charge in [-0.05, 0) is 19.4 Å². The van der Waals surface area contributed by atoms with Gasteiger partial charge in [-0.1, -0.05) is 19.1 Å². The summed E-state index contributed by atoms with van der Waals surface area (Å²) < 4.78 is 0. The van der Waals surface area contributed by atoms with Crippen molar-refractivity contribution in [2.45, 2.75) is 26.8 Å². The van der Waals surface area contributed by atoms with E-state index in [2.05, 4.69) is 27.2 Å². The van der Waals surface area contributed by atoms with Crippen LogP contribution >= 0.6 is 23.6 Å². The average molecular weight is 293 g/mol. The molecule has 2 rings (SSSR count). The van der Waals surface area contributed by atoms with Gasteiger partial charge in [0.05, 0.1) is 6.54 Å². The summed E-state index contributed by atoms with van der Waals surface area (Å²) in [4.78, 5) is 14.4. The van der Waals surface area contributed by atoms with Crippen LogP contribution in [0.25, 0.3) is 0 Å². The van der Waals surface area contributed by atoms with Gasteiger partial charge in [-0.25, -0.2) is 15.0 Å². The molecule has 2 aromatic heterocycles. The van der Waals surface area contributed by atoms with E-state index in [1.165, 1.54) is 4.88 Å². The van der Waals surface area contributed by atoms with Crippen molar-refractivity contribution in [1.82, 2.24) is 15.0 Å². The van der Waals surface area contributed by atoms with Gasteiger partial charge < -0.3 is 11.1 Å². The second-order valence-electron chi connectivity index (χ2n) is 4.01. The lowest BCUT2D eigenvalue weighted by Crippen LogP contribution is -2.14. The monoisotopic (exact) mass is 293 g/mol. The fraction of sp³-hybridized carbons (Fsp3) is 0.333. The molecule has 0 aliphatic carbocycles. The van der Waals surface area contributed by atoms with Crippen molar-refractivity contribution in [3.63, 3.8) is 0 Å². The van der Waals surface area contributed by atoms with Crippen LogP contribution in [0, 0.1) is 6.92 Å². The van der Waals surface area contributed by atoms with Gasteiger partial charge >= 0.3 is 0 Å². The lowest BCUT2D eigenvalue weighted by Gasteiger charge is -2.06. The van der Waals surface area contributed by atoms with Crippen LogP contribution in [0.1, 0.15) is 28.2 Å². The summed E-state index contributed by atoms with van der Waals surface area (Å²) in [6.45, 7) is 4.60. The van der Waals surface area contributed by atoms with E-state index < -0.39 is 0 Å². The first-order valence-electron chi connectivity index (χ1n) is 5.91. The Labute approximate surface area is 121 Å². The van der Waals surface area contributed by atoms with Crippen molar-refractivity contribution in [3.8, 4) is 0 Å². The summed E-state index contributed by atoms with van der Waals surface area (Å²) in [6, 6.07) is 1.77. The lowest BCUT2D eigenvalue weighted by atomic mass is 10.3. The predicted octanol–water partition coefficient (Wildman–Crippen LogP) is 2.05. The van der Waals surface area contributed by atoms with Crippen molar-refractivity contribution in [1.29, 1.82) is 0 Å². The average Bonchev–Trinajstić information content (AvgIpc) is 2.83. The third-order valence-corrected chi connectivity index (χ3v) is 3.81. The molecule has 3 N–H and O–H groups in total. The van der Waals surface area contributed by atoms with Crippen LogP contribution in [-0.4, -0.2) is 19.9 Å². The maximum absolute atomic E-state index is 5.58. The minimum Gasteiger partial charge on any atom is -0.388 e. The second kappa shape index (κ2) is 6.03. The minimum atomic E-state index is 0.274. The number of nitrogens with zero attached hydrogens (tertiary/aromatic N) is 3. The van der Waals surface area contributed by atoms with Gasteiger partial charge in [0.15, 0.2) is 0 Å². The first-order chi connectivity index (χ1) is 9.08. The summed E-state index contributed by atoms with van der Waals surface area (Å²) in [7, 11) is 0. The molecule has 0 fully saturated rings. The Kier molecular flexibility index (Phi) is 4.39. The Morgan fingerprint density at radius 1 is 1.47 bits per heavy atom. The SMILES string of the molecule is CCc1cnc(CNc2nc(C)cc(C(N)=S)n2)s1. The van der Waals surface area contributed by atoms with Crippen LogP contribution in [0.15, 0.2) is 12.3 Å². The first kappa shape index (κ1) is 13.8. The summed E-state index contributed by atoms with van der Waals surface area (Å²) in [5.74, 6) is 0.524. The smallest absolute Gasteiger partial charge is 0.223 e. The molecule has 7 heteroatoms. The van der Waals surface area contributed by atoms with Crippen LogP contribution in [0.5, 0.6) is 0 Å². The van der Waals surface area contributed by atoms with Crippen LogP contribution in [-0.2, 0) is 13.0 Å². The Hall–Kier alpha value is -1.60. The molecule has 0 saturated heterocycles. The highest BCUT2D eigenvalue weighted by Gasteiger charge is 2.06. The molecule has 0 aromatic carbocycles. The fourth-order valence-electron chi connectivity index (χ4n) is 1.52. The highest BCUT2D eigenvalue weighted by Crippen LogP contribution is 2.14. The van der Waals surface area contributed by atoms with Gasteiger partial charge in [0.25, 0.3) is 0 Å². The van der Waals surface area contributed by atoms with E-state index in [4.69, 9.17) is 18.0 Å². The van der Waals surface area contributed by atoms with Crippen molar-refractivity contribution >= 4 is 34.5 Å². The van der Waals surface area contributed by atoms with Crippen molar-refractivity contribution < 1.29 is 0 Å². The Balaban J connectivity index is 2.08. The third-order valence-electron chi connectivity index (χ3n) is 2.45. The van der Waals surface area contributed by atoms with Gasteiger partial charge in [-0.15, -0.1) is 11.3 Å². The molecule has 0 unspecified atom stereocenters. The molecule has 0 bridgehead atoms. The van der Waals surface area contributed by atoms with Gasteiger partial charge in [0, 0.05) is 16.8 Å². The number of rotatable bonds is 5. The number of aromatic nitrogens is 3. The normalized spacial score (nSPS) is 10.4. The molecule has 0 radical (unpaired) electrons. The fourth-order valence-corrected chi connectivity index (χ4v) is 2.43. The molecule has 5 nitrogen and oxygen atoms in total. The number of aryl methyl sites for hydroxylation is 2. The third kappa shape index (κ3) is 3.68. The Morgan fingerprint density at radius 2 is 2.26 bits per heavy atom. The molecule has 2 heterocycles. The van der Waals surface area contributed by atoms with Gasteiger partial charge in [0.2, 0.25) is 5.95 Å². The van der Waals surface area contributed by atoms with E-state index in [0.717, 1.165) is 17.1 Å². The molecule has 0 atom stereocenters. The quantitative estimate of drug-likeness (QED) is 0.822. The van der Waals surface area contributed by atoms with E-state index in [1.807, 2.05) is 13.1 Å². The highest BCUT2D eigenvalue weighted by molar-refractivity contribution is 7.80. The topological polar surface area (TPSA) is 76.7 Å². The van der Waals surface area contributed by atoms with Crippen LogP contribution in [0.4, 0.5) is 5.95 Å². The number of anilines is 1. The number of hydrogen-bond acceptors (Lipinski definition) is 6. The number of thiazole rings is 1. The van der Waals surface area contributed by atoms with Crippen LogP contribution in [0.3, 0.4) is 0 Å². The molecule has 0 aliphatic heterocycles.